The van der Waals surface area contributed by atoms with Crippen molar-refractivity contribution in [2.45, 2.75) is 32.1 Å². The molecule has 1 aromatic carbocycles. The van der Waals surface area contributed by atoms with E-state index < -0.39 is 0 Å². The molecule has 3 rings (SSSR count). The van der Waals surface area contributed by atoms with Crippen LogP contribution in [0.1, 0.15) is 37.7 Å². The zero-order chi connectivity index (χ0) is 13.9. The summed E-state index contributed by atoms with van der Waals surface area (Å²) in [5.74, 6) is 3.10. The molecule has 110 valence electrons. The number of nitrogens with one attached hydrogen (secondary N) is 1. The van der Waals surface area contributed by atoms with Gasteiger partial charge in [0.1, 0.15) is 0 Å². The van der Waals surface area contributed by atoms with E-state index in [1.54, 1.807) is 0 Å². The number of hydrogen-bond acceptors (Lipinski definition) is 3. The van der Waals surface area contributed by atoms with Crippen molar-refractivity contribution < 1.29 is 9.47 Å². The first-order valence-electron chi connectivity index (χ1n) is 7.59. The minimum atomic E-state index is 0.620. The van der Waals surface area contributed by atoms with Crippen molar-refractivity contribution >= 4 is 15.9 Å². The van der Waals surface area contributed by atoms with E-state index >= 15 is 0 Å². The van der Waals surface area contributed by atoms with Crippen molar-refractivity contribution in [2.75, 3.05) is 26.3 Å². The Morgan fingerprint density at radius 1 is 1.30 bits per heavy atom. The van der Waals surface area contributed by atoms with Crippen LogP contribution < -0.4 is 14.8 Å². The van der Waals surface area contributed by atoms with Gasteiger partial charge in [-0.15, -0.1) is 0 Å². The van der Waals surface area contributed by atoms with Crippen molar-refractivity contribution in [2.24, 2.45) is 5.92 Å². The van der Waals surface area contributed by atoms with Crippen molar-refractivity contribution in [1.29, 1.82) is 0 Å². The first-order chi connectivity index (χ1) is 9.79. The molecule has 1 aromatic rings. The fraction of sp³-hybridized carbons (Fsp3) is 0.625. The van der Waals surface area contributed by atoms with Gasteiger partial charge in [0.05, 0.1) is 17.7 Å². The summed E-state index contributed by atoms with van der Waals surface area (Å²) in [7, 11) is 0. The molecule has 0 aromatic heterocycles. The van der Waals surface area contributed by atoms with E-state index in [0.29, 0.717) is 11.8 Å². The van der Waals surface area contributed by atoms with E-state index in [-0.39, 0.29) is 0 Å². The van der Waals surface area contributed by atoms with Crippen LogP contribution >= 0.6 is 15.9 Å². The fourth-order valence-corrected chi connectivity index (χ4v) is 3.83. The van der Waals surface area contributed by atoms with Gasteiger partial charge in [0, 0.05) is 6.42 Å². The largest absolute Gasteiger partial charge is 0.490 e. The minimum absolute atomic E-state index is 0.620. The average Bonchev–Trinajstić information content (AvgIpc) is 2.73. The summed E-state index contributed by atoms with van der Waals surface area (Å²) in [6.07, 6.45) is 3.36. The van der Waals surface area contributed by atoms with Gasteiger partial charge in [0.25, 0.3) is 0 Å². The number of fused-ring (bicyclic) bond motifs is 1. The highest BCUT2D eigenvalue weighted by molar-refractivity contribution is 9.10. The highest BCUT2D eigenvalue weighted by Gasteiger charge is 2.27. The molecule has 1 saturated heterocycles. The minimum Gasteiger partial charge on any atom is -0.490 e. The Hall–Kier alpha value is -0.740. The Bertz CT molecular complexity index is 478. The van der Waals surface area contributed by atoms with E-state index in [1.165, 1.54) is 18.4 Å². The average molecular weight is 340 g/mol. The van der Waals surface area contributed by atoms with Gasteiger partial charge >= 0.3 is 0 Å². The Morgan fingerprint density at radius 3 is 3.00 bits per heavy atom. The monoisotopic (exact) mass is 339 g/mol. The van der Waals surface area contributed by atoms with Crippen LogP contribution in [0.3, 0.4) is 0 Å². The number of hydrogen-bond donors (Lipinski definition) is 1. The highest BCUT2D eigenvalue weighted by Crippen LogP contribution is 2.42. The molecule has 2 aliphatic rings. The normalized spacial score (nSPS) is 26.1. The van der Waals surface area contributed by atoms with E-state index in [4.69, 9.17) is 9.47 Å². The number of halogens is 1. The summed E-state index contributed by atoms with van der Waals surface area (Å²) >= 11 is 3.66. The molecule has 0 aliphatic carbocycles. The Balaban J connectivity index is 1.93. The quantitative estimate of drug-likeness (QED) is 0.890. The van der Waals surface area contributed by atoms with E-state index in [9.17, 15) is 0 Å². The first-order valence-corrected chi connectivity index (χ1v) is 8.38. The molecular weight excluding hydrogens is 318 g/mol. The summed E-state index contributed by atoms with van der Waals surface area (Å²) in [4.78, 5) is 0. The van der Waals surface area contributed by atoms with Crippen LogP contribution in [-0.4, -0.2) is 26.3 Å². The first kappa shape index (κ1) is 14.2. The van der Waals surface area contributed by atoms with Gasteiger partial charge in [0.2, 0.25) is 0 Å². The zero-order valence-corrected chi connectivity index (χ0v) is 13.5. The van der Waals surface area contributed by atoms with Crippen molar-refractivity contribution in [1.82, 2.24) is 5.32 Å². The van der Waals surface area contributed by atoms with E-state index in [2.05, 4.69) is 40.3 Å². The SMILES string of the molecule is CCC1CNCCC1c1cc(Br)c2c(c1)OCCCO2. The molecule has 0 saturated carbocycles. The molecule has 1 fully saturated rings. The molecule has 20 heavy (non-hydrogen) atoms. The van der Waals surface area contributed by atoms with Crippen molar-refractivity contribution in [3.8, 4) is 11.5 Å². The van der Waals surface area contributed by atoms with Crippen molar-refractivity contribution in [3.05, 3.63) is 22.2 Å². The van der Waals surface area contributed by atoms with Crippen LogP contribution in [0.25, 0.3) is 0 Å². The molecule has 2 unspecified atom stereocenters. The maximum absolute atomic E-state index is 5.86. The van der Waals surface area contributed by atoms with E-state index in [0.717, 1.165) is 48.7 Å². The summed E-state index contributed by atoms with van der Waals surface area (Å²) < 4.78 is 12.7. The molecule has 1 N–H and O–H groups in total. The zero-order valence-electron chi connectivity index (χ0n) is 12.0. The molecular formula is C16H22BrNO2. The third-order valence-electron chi connectivity index (χ3n) is 4.38. The molecule has 3 nitrogen and oxygen atoms in total. The maximum Gasteiger partial charge on any atom is 0.175 e. The van der Waals surface area contributed by atoms with Crippen LogP contribution in [0.15, 0.2) is 16.6 Å². The lowest BCUT2D eigenvalue weighted by Gasteiger charge is -2.32. The summed E-state index contributed by atoms with van der Waals surface area (Å²) in [6.45, 7) is 5.98. The van der Waals surface area contributed by atoms with Gasteiger partial charge < -0.3 is 14.8 Å². The predicted molar refractivity (Wildman–Crippen MR) is 83.8 cm³/mol. The molecule has 2 atom stereocenters. The van der Waals surface area contributed by atoms with Crippen LogP contribution in [0.4, 0.5) is 0 Å². The van der Waals surface area contributed by atoms with Crippen LogP contribution in [0, 0.1) is 5.92 Å². The summed E-state index contributed by atoms with van der Waals surface area (Å²) in [5.41, 5.74) is 1.38. The molecule has 0 radical (unpaired) electrons. The molecule has 4 heteroatoms. The van der Waals surface area contributed by atoms with Crippen LogP contribution in [0.5, 0.6) is 11.5 Å². The molecule has 2 aliphatic heterocycles. The molecule has 0 spiro atoms. The number of rotatable bonds is 2. The highest BCUT2D eigenvalue weighted by atomic mass is 79.9. The van der Waals surface area contributed by atoms with Crippen LogP contribution in [0.2, 0.25) is 0 Å². The second kappa shape index (κ2) is 6.35. The second-order valence-electron chi connectivity index (χ2n) is 5.65. The third-order valence-corrected chi connectivity index (χ3v) is 4.97. The number of benzene rings is 1. The number of piperidine rings is 1. The lowest BCUT2D eigenvalue weighted by atomic mass is 9.80. The Morgan fingerprint density at radius 2 is 2.15 bits per heavy atom. The topological polar surface area (TPSA) is 30.5 Å². The van der Waals surface area contributed by atoms with Gasteiger partial charge in [-0.25, -0.2) is 0 Å². The van der Waals surface area contributed by atoms with Crippen molar-refractivity contribution in [3.63, 3.8) is 0 Å². The van der Waals surface area contributed by atoms with Crippen LogP contribution in [-0.2, 0) is 0 Å². The van der Waals surface area contributed by atoms with Gasteiger partial charge in [-0.2, -0.15) is 0 Å². The third kappa shape index (κ3) is 2.82. The Labute approximate surface area is 129 Å². The molecule has 0 amide bonds. The van der Waals surface area contributed by atoms with Gasteiger partial charge in [-0.05, 0) is 65.0 Å². The van der Waals surface area contributed by atoms with Gasteiger partial charge in [-0.1, -0.05) is 13.3 Å². The molecule has 0 bridgehead atoms. The lowest BCUT2D eigenvalue weighted by molar-refractivity contribution is 0.296. The summed E-state index contributed by atoms with van der Waals surface area (Å²) in [6, 6.07) is 4.43. The van der Waals surface area contributed by atoms with Gasteiger partial charge in [0.15, 0.2) is 11.5 Å². The fourth-order valence-electron chi connectivity index (χ4n) is 3.26. The molecule has 2 heterocycles. The lowest BCUT2D eigenvalue weighted by Crippen LogP contribution is -2.35. The van der Waals surface area contributed by atoms with Gasteiger partial charge in [-0.3, -0.25) is 0 Å². The maximum atomic E-state index is 5.86. The second-order valence-corrected chi connectivity index (χ2v) is 6.50. The standard InChI is InChI=1S/C16H22BrNO2/c1-2-11-10-18-5-4-13(11)12-8-14(17)16-15(9-12)19-6-3-7-20-16/h8-9,11,13,18H,2-7,10H2,1H3. The Kier molecular flexibility index (Phi) is 4.51. The predicted octanol–water partition coefficient (Wildman–Crippen LogP) is 3.71. The van der Waals surface area contributed by atoms with E-state index in [1.807, 2.05) is 0 Å². The number of ether oxygens (including phenoxy) is 2. The smallest absolute Gasteiger partial charge is 0.175 e. The summed E-state index contributed by atoms with van der Waals surface area (Å²) in [5, 5.41) is 3.50.